The van der Waals surface area contributed by atoms with Gasteiger partial charge in [-0.05, 0) is 6.92 Å². The Bertz CT molecular complexity index is 341. The standard InChI is InChI=1S/C8H11N3O3/c1-6-5-10-8(14-3-2-9)4-7(6)11(12)13/h4-5H,2-3,9H2,1H3. The first-order valence-electron chi connectivity index (χ1n) is 4.09. The van der Waals surface area contributed by atoms with Gasteiger partial charge in [0.05, 0.1) is 11.0 Å². The highest BCUT2D eigenvalue weighted by Gasteiger charge is 2.12. The quantitative estimate of drug-likeness (QED) is 0.564. The molecular formula is C8H11N3O3. The maximum atomic E-state index is 10.5. The van der Waals surface area contributed by atoms with Gasteiger partial charge < -0.3 is 10.5 Å². The lowest BCUT2D eigenvalue weighted by Crippen LogP contribution is -2.11. The summed E-state index contributed by atoms with van der Waals surface area (Å²) >= 11 is 0. The summed E-state index contributed by atoms with van der Waals surface area (Å²) in [5, 5.41) is 10.5. The number of pyridine rings is 1. The molecule has 1 aromatic heterocycles. The molecule has 76 valence electrons. The normalized spacial score (nSPS) is 9.86. The van der Waals surface area contributed by atoms with E-state index in [2.05, 4.69) is 4.98 Å². The van der Waals surface area contributed by atoms with Gasteiger partial charge in [0.15, 0.2) is 0 Å². The summed E-state index contributed by atoms with van der Waals surface area (Å²) in [6, 6.07) is 1.30. The predicted octanol–water partition coefficient (Wildman–Crippen LogP) is 0.636. The summed E-state index contributed by atoms with van der Waals surface area (Å²) in [5.74, 6) is 0.229. The molecule has 0 amide bonds. The zero-order valence-corrected chi connectivity index (χ0v) is 7.77. The second-order valence-corrected chi connectivity index (χ2v) is 2.70. The van der Waals surface area contributed by atoms with Crippen molar-refractivity contribution in [3.63, 3.8) is 0 Å². The number of rotatable bonds is 4. The first kappa shape index (κ1) is 10.4. The Balaban J connectivity index is 2.89. The number of aromatic nitrogens is 1. The van der Waals surface area contributed by atoms with Crippen molar-refractivity contribution < 1.29 is 9.66 Å². The molecule has 1 heterocycles. The van der Waals surface area contributed by atoms with Crippen LogP contribution in [0.2, 0.25) is 0 Å². The third-order valence-electron chi connectivity index (χ3n) is 1.61. The summed E-state index contributed by atoms with van der Waals surface area (Å²) in [5.41, 5.74) is 5.73. The molecule has 0 aliphatic heterocycles. The van der Waals surface area contributed by atoms with Crippen LogP contribution in [0, 0.1) is 17.0 Å². The van der Waals surface area contributed by atoms with E-state index in [1.54, 1.807) is 6.92 Å². The van der Waals surface area contributed by atoms with Crippen LogP contribution < -0.4 is 10.5 Å². The Morgan fingerprint density at radius 3 is 3.00 bits per heavy atom. The highest BCUT2D eigenvalue weighted by Crippen LogP contribution is 2.20. The van der Waals surface area contributed by atoms with Gasteiger partial charge in [0.2, 0.25) is 5.88 Å². The molecule has 2 N–H and O–H groups in total. The molecule has 0 atom stereocenters. The van der Waals surface area contributed by atoms with Crippen molar-refractivity contribution >= 4 is 5.69 Å². The first-order valence-corrected chi connectivity index (χ1v) is 4.09. The largest absolute Gasteiger partial charge is 0.476 e. The smallest absolute Gasteiger partial charge is 0.279 e. The zero-order chi connectivity index (χ0) is 10.6. The minimum Gasteiger partial charge on any atom is -0.476 e. The molecule has 14 heavy (non-hydrogen) atoms. The van der Waals surface area contributed by atoms with Crippen molar-refractivity contribution in [3.05, 3.63) is 27.9 Å². The molecule has 1 aromatic rings. The van der Waals surface area contributed by atoms with Gasteiger partial charge >= 0.3 is 0 Å². The van der Waals surface area contributed by atoms with Crippen LogP contribution in [0.5, 0.6) is 5.88 Å². The van der Waals surface area contributed by atoms with E-state index in [0.29, 0.717) is 18.7 Å². The number of nitro groups is 1. The highest BCUT2D eigenvalue weighted by atomic mass is 16.6. The monoisotopic (exact) mass is 197 g/mol. The van der Waals surface area contributed by atoms with Crippen LogP contribution in [-0.2, 0) is 0 Å². The van der Waals surface area contributed by atoms with Crippen LogP contribution in [0.1, 0.15) is 5.56 Å². The number of ether oxygens (including phenoxy) is 1. The lowest BCUT2D eigenvalue weighted by atomic mass is 10.3. The Morgan fingerprint density at radius 2 is 2.43 bits per heavy atom. The fraction of sp³-hybridized carbons (Fsp3) is 0.375. The van der Waals surface area contributed by atoms with E-state index in [4.69, 9.17) is 10.5 Å². The molecule has 0 aromatic carbocycles. The van der Waals surface area contributed by atoms with Crippen LogP contribution in [0.25, 0.3) is 0 Å². The van der Waals surface area contributed by atoms with Crippen molar-refractivity contribution in [1.82, 2.24) is 4.98 Å². The van der Waals surface area contributed by atoms with Gasteiger partial charge in [0.25, 0.3) is 5.69 Å². The minimum atomic E-state index is -0.466. The van der Waals surface area contributed by atoms with Crippen molar-refractivity contribution in [2.45, 2.75) is 6.92 Å². The average Bonchev–Trinajstić information content (AvgIpc) is 2.16. The second-order valence-electron chi connectivity index (χ2n) is 2.70. The molecule has 0 aliphatic carbocycles. The Morgan fingerprint density at radius 1 is 1.71 bits per heavy atom. The summed E-state index contributed by atoms with van der Waals surface area (Å²) in [6.07, 6.45) is 1.41. The molecule has 6 nitrogen and oxygen atoms in total. The van der Waals surface area contributed by atoms with E-state index >= 15 is 0 Å². The molecule has 0 fully saturated rings. The third kappa shape index (κ3) is 2.40. The van der Waals surface area contributed by atoms with E-state index < -0.39 is 4.92 Å². The lowest BCUT2D eigenvalue weighted by Gasteiger charge is -2.03. The van der Waals surface area contributed by atoms with Gasteiger partial charge in [0.1, 0.15) is 6.61 Å². The summed E-state index contributed by atoms with van der Waals surface area (Å²) < 4.78 is 5.06. The first-order chi connectivity index (χ1) is 6.65. The maximum Gasteiger partial charge on any atom is 0.279 e. The molecular weight excluding hydrogens is 186 g/mol. The van der Waals surface area contributed by atoms with Crippen molar-refractivity contribution in [2.24, 2.45) is 5.73 Å². The second kappa shape index (κ2) is 4.52. The van der Waals surface area contributed by atoms with Crippen molar-refractivity contribution in [1.29, 1.82) is 0 Å². The number of nitrogens with two attached hydrogens (primary N) is 1. The van der Waals surface area contributed by atoms with Gasteiger partial charge in [-0.25, -0.2) is 4.98 Å². The zero-order valence-electron chi connectivity index (χ0n) is 7.77. The van der Waals surface area contributed by atoms with Crippen molar-refractivity contribution in [2.75, 3.05) is 13.2 Å². The van der Waals surface area contributed by atoms with Crippen LogP contribution in [0.15, 0.2) is 12.3 Å². The Kier molecular flexibility index (Phi) is 3.35. The Labute approximate surface area is 80.9 Å². The van der Waals surface area contributed by atoms with Crippen LogP contribution >= 0.6 is 0 Å². The topological polar surface area (TPSA) is 91.3 Å². The number of hydrogen-bond donors (Lipinski definition) is 1. The molecule has 1 rings (SSSR count). The van der Waals surface area contributed by atoms with Crippen LogP contribution in [0.3, 0.4) is 0 Å². The lowest BCUT2D eigenvalue weighted by molar-refractivity contribution is -0.385. The Hall–Kier alpha value is -1.69. The number of aryl methyl sites for hydroxylation is 1. The fourth-order valence-electron chi connectivity index (χ4n) is 0.934. The molecule has 0 bridgehead atoms. The van der Waals surface area contributed by atoms with Crippen molar-refractivity contribution in [3.8, 4) is 5.88 Å². The third-order valence-corrected chi connectivity index (χ3v) is 1.61. The van der Waals surface area contributed by atoms with Gasteiger partial charge in [-0.15, -0.1) is 0 Å². The molecule has 0 unspecified atom stereocenters. The summed E-state index contributed by atoms with van der Waals surface area (Å²) in [6.45, 7) is 2.27. The number of hydrogen-bond acceptors (Lipinski definition) is 5. The molecule has 0 radical (unpaired) electrons. The molecule has 0 saturated heterocycles. The molecule has 0 spiro atoms. The SMILES string of the molecule is Cc1cnc(OCCN)cc1[N+](=O)[O-]. The van der Waals surface area contributed by atoms with Crippen LogP contribution in [0.4, 0.5) is 5.69 Å². The predicted molar refractivity (Wildman–Crippen MR) is 50.2 cm³/mol. The van der Waals surface area contributed by atoms with E-state index in [1.165, 1.54) is 12.3 Å². The molecule has 0 aliphatic rings. The van der Waals surface area contributed by atoms with E-state index in [9.17, 15) is 10.1 Å². The highest BCUT2D eigenvalue weighted by molar-refractivity contribution is 5.40. The van der Waals surface area contributed by atoms with Gasteiger partial charge in [-0.2, -0.15) is 0 Å². The van der Waals surface area contributed by atoms with E-state index in [-0.39, 0.29) is 11.6 Å². The van der Waals surface area contributed by atoms with Crippen LogP contribution in [-0.4, -0.2) is 23.1 Å². The van der Waals surface area contributed by atoms with E-state index in [0.717, 1.165) is 0 Å². The minimum absolute atomic E-state index is 0.00650. The summed E-state index contributed by atoms with van der Waals surface area (Å²) in [4.78, 5) is 14.0. The summed E-state index contributed by atoms with van der Waals surface area (Å²) in [7, 11) is 0. The van der Waals surface area contributed by atoms with Gasteiger partial charge in [-0.1, -0.05) is 0 Å². The molecule has 0 saturated carbocycles. The van der Waals surface area contributed by atoms with E-state index in [1.807, 2.05) is 0 Å². The van der Waals surface area contributed by atoms with Gasteiger partial charge in [0, 0.05) is 18.3 Å². The average molecular weight is 197 g/mol. The maximum absolute atomic E-state index is 10.5. The van der Waals surface area contributed by atoms with Gasteiger partial charge in [-0.3, -0.25) is 10.1 Å². The fourth-order valence-corrected chi connectivity index (χ4v) is 0.934. The number of nitrogens with zero attached hydrogens (tertiary/aromatic N) is 2. The molecule has 6 heteroatoms.